The monoisotopic (exact) mass is 259 g/mol. The van der Waals surface area contributed by atoms with Gasteiger partial charge in [0.15, 0.2) is 0 Å². The van der Waals surface area contributed by atoms with E-state index in [0.29, 0.717) is 0 Å². The lowest BCUT2D eigenvalue weighted by Gasteiger charge is -1.84. The Balaban J connectivity index is 0. The highest BCUT2D eigenvalue weighted by atomic mass is 33.2. The minimum atomic E-state index is -5.31. The molecule has 0 bridgehead atoms. The van der Waals surface area contributed by atoms with Crippen LogP contribution in [0.15, 0.2) is 0 Å². The maximum Gasteiger partial charge on any atom is 0.397 e. The van der Waals surface area contributed by atoms with Gasteiger partial charge in [0.2, 0.25) is 0 Å². The zero-order valence-corrected chi connectivity index (χ0v) is 9.75. The normalized spacial score (nSPS) is 11.1. The topological polar surface area (TPSA) is 133 Å². The van der Waals surface area contributed by atoms with Gasteiger partial charge in [0.05, 0.1) is 6.07 Å². The van der Waals surface area contributed by atoms with Crippen molar-refractivity contribution in [2.75, 3.05) is 0 Å². The van der Waals surface area contributed by atoms with Gasteiger partial charge in [-0.3, -0.25) is 9.11 Å². The molecule has 0 rings (SSSR count). The van der Waals surface area contributed by atoms with E-state index in [1.807, 2.05) is 0 Å². The molecule has 0 saturated carbocycles. The van der Waals surface area contributed by atoms with Crippen molar-refractivity contribution in [3.05, 3.63) is 0 Å². The molecule has 0 aliphatic carbocycles. The second kappa shape index (κ2) is 7.58. The molecule has 0 aromatic heterocycles. The fourth-order valence-corrected chi connectivity index (χ4v) is 0.454. The Morgan fingerprint density at radius 2 is 1.47 bits per heavy atom. The zero-order valence-electron chi connectivity index (χ0n) is 8.12. The molecule has 0 aromatic carbocycles. The van der Waals surface area contributed by atoms with Crippen LogP contribution in [0.3, 0.4) is 0 Å². The van der Waals surface area contributed by atoms with Crippen molar-refractivity contribution in [3.8, 4) is 6.07 Å². The first kappa shape index (κ1) is 16.7. The van der Waals surface area contributed by atoms with Crippen molar-refractivity contribution < 1.29 is 25.9 Å². The highest BCUT2D eigenvalue weighted by molar-refractivity contribution is 8.62. The van der Waals surface area contributed by atoms with E-state index in [9.17, 15) is 16.8 Å². The molecule has 9 heteroatoms. The predicted molar refractivity (Wildman–Crippen MR) is 52.9 cm³/mol. The summed E-state index contributed by atoms with van der Waals surface area (Å²) in [5, 5.41) is 8.04. The average Bonchev–Trinajstić information content (AvgIpc) is 2.03. The standard InChI is InChI=1S/C6H11N.H2O6S2/c1-2-3-4-5-6-7;1-7(2,3)8(4,5)6/h2-5H2,1H3;(H,1,2,3)(H,4,5,6). The first-order valence-corrected chi connectivity index (χ1v) is 7.38. The Labute approximate surface area is 88.6 Å². The summed E-state index contributed by atoms with van der Waals surface area (Å²) in [6, 6.07) is 2.10. The Kier molecular flexibility index (Phi) is 8.46. The molecule has 0 aliphatic heterocycles. The molecule has 0 atom stereocenters. The quantitative estimate of drug-likeness (QED) is 0.432. The number of rotatable bonds is 4. The summed E-state index contributed by atoms with van der Waals surface area (Å²) < 4.78 is 52.5. The van der Waals surface area contributed by atoms with Crippen LogP contribution in [-0.2, 0) is 18.3 Å². The number of unbranched alkanes of at least 4 members (excludes halogenated alkanes) is 3. The van der Waals surface area contributed by atoms with Crippen molar-refractivity contribution in [2.24, 2.45) is 0 Å². The van der Waals surface area contributed by atoms with Crippen molar-refractivity contribution in [1.29, 1.82) is 5.26 Å². The van der Waals surface area contributed by atoms with Gasteiger partial charge in [0.1, 0.15) is 0 Å². The lowest BCUT2D eigenvalue weighted by atomic mass is 10.2. The molecule has 0 heterocycles. The average molecular weight is 259 g/mol. The van der Waals surface area contributed by atoms with E-state index in [0.717, 1.165) is 12.8 Å². The third kappa shape index (κ3) is 11.2. The summed E-state index contributed by atoms with van der Waals surface area (Å²) >= 11 is 0. The molecule has 0 fully saturated rings. The van der Waals surface area contributed by atoms with Crippen LogP contribution in [0.25, 0.3) is 0 Å². The lowest BCUT2D eigenvalue weighted by Crippen LogP contribution is -2.11. The van der Waals surface area contributed by atoms with Crippen molar-refractivity contribution in [2.45, 2.75) is 32.6 Å². The van der Waals surface area contributed by atoms with Gasteiger partial charge >= 0.3 is 18.3 Å². The first-order chi connectivity index (χ1) is 6.66. The second-order valence-corrected chi connectivity index (χ2v) is 6.71. The summed E-state index contributed by atoms with van der Waals surface area (Å²) in [5.74, 6) is 0. The van der Waals surface area contributed by atoms with Crippen molar-refractivity contribution in [3.63, 3.8) is 0 Å². The fraction of sp³-hybridized carbons (Fsp3) is 0.833. The second-order valence-electron chi connectivity index (χ2n) is 2.47. The van der Waals surface area contributed by atoms with E-state index in [2.05, 4.69) is 13.0 Å². The van der Waals surface area contributed by atoms with E-state index in [4.69, 9.17) is 14.4 Å². The van der Waals surface area contributed by atoms with E-state index in [1.165, 1.54) is 12.8 Å². The number of nitriles is 1. The summed E-state index contributed by atoms with van der Waals surface area (Å²) in [5.41, 5.74) is 0. The van der Waals surface area contributed by atoms with Gasteiger partial charge in [-0.05, 0) is 6.42 Å². The molecule has 0 aliphatic rings. The summed E-state index contributed by atoms with van der Waals surface area (Å²) in [6.07, 6.45) is 4.22. The van der Waals surface area contributed by atoms with Crippen LogP contribution in [0.4, 0.5) is 0 Å². The van der Waals surface area contributed by atoms with Crippen molar-refractivity contribution in [1.82, 2.24) is 0 Å². The molecule has 0 spiro atoms. The van der Waals surface area contributed by atoms with Gasteiger partial charge in [0, 0.05) is 6.42 Å². The maximum atomic E-state index is 9.37. The van der Waals surface area contributed by atoms with Crippen LogP contribution in [-0.4, -0.2) is 25.9 Å². The molecule has 15 heavy (non-hydrogen) atoms. The van der Waals surface area contributed by atoms with Crippen LogP contribution in [0.1, 0.15) is 32.6 Å². The van der Waals surface area contributed by atoms with Gasteiger partial charge in [-0.15, -0.1) is 0 Å². The van der Waals surface area contributed by atoms with Gasteiger partial charge in [-0.2, -0.15) is 22.1 Å². The third-order valence-electron chi connectivity index (χ3n) is 1.16. The molecule has 0 amide bonds. The van der Waals surface area contributed by atoms with Gasteiger partial charge in [-0.1, -0.05) is 19.8 Å². The molecular formula is C6H13NO6S2. The summed E-state index contributed by atoms with van der Waals surface area (Å²) in [7, 11) is -10.6. The molecule has 0 aromatic rings. The molecule has 0 saturated heterocycles. The Morgan fingerprint density at radius 3 is 1.67 bits per heavy atom. The summed E-state index contributed by atoms with van der Waals surface area (Å²) in [6.45, 7) is 2.14. The Hall–Kier alpha value is -0.690. The Bertz CT molecular complexity index is 360. The van der Waals surface area contributed by atoms with Gasteiger partial charge < -0.3 is 0 Å². The highest BCUT2D eigenvalue weighted by Crippen LogP contribution is 1.95. The van der Waals surface area contributed by atoms with Crippen LogP contribution >= 0.6 is 0 Å². The van der Waals surface area contributed by atoms with E-state index in [1.54, 1.807) is 0 Å². The minimum absolute atomic E-state index is 0.730. The number of hydrogen-bond donors (Lipinski definition) is 2. The lowest BCUT2D eigenvalue weighted by molar-refractivity contribution is 0.460. The highest BCUT2D eigenvalue weighted by Gasteiger charge is 2.22. The number of hydrogen-bond acceptors (Lipinski definition) is 5. The largest absolute Gasteiger partial charge is 0.397 e. The zero-order chi connectivity index (χ0) is 12.5. The molecule has 0 unspecified atom stereocenters. The minimum Gasteiger partial charge on any atom is -0.272 e. The molecular weight excluding hydrogens is 246 g/mol. The van der Waals surface area contributed by atoms with Crippen LogP contribution in [0.5, 0.6) is 0 Å². The summed E-state index contributed by atoms with van der Waals surface area (Å²) in [4.78, 5) is 0. The fourth-order valence-electron chi connectivity index (χ4n) is 0.454. The van der Waals surface area contributed by atoms with Crippen LogP contribution < -0.4 is 0 Å². The molecule has 90 valence electrons. The predicted octanol–water partition coefficient (Wildman–Crippen LogP) is 0.767. The molecule has 2 N–H and O–H groups in total. The van der Waals surface area contributed by atoms with E-state index in [-0.39, 0.29) is 0 Å². The third-order valence-corrected chi connectivity index (χ3v) is 3.29. The molecule has 7 nitrogen and oxygen atoms in total. The van der Waals surface area contributed by atoms with Crippen LogP contribution in [0, 0.1) is 11.3 Å². The van der Waals surface area contributed by atoms with Gasteiger partial charge in [0.25, 0.3) is 0 Å². The smallest absolute Gasteiger partial charge is 0.272 e. The Morgan fingerprint density at radius 1 is 1.07 bits per heavy atom. The maximum absolute atomic E-state index is 9.37. The first-order valence-electron chi connectivity index (χ1n) is 3.98. The van der Waals surface area contributed by atoms with Crippen LogP contribution in [0.2, 0.25) is 0 Å². The van der Waals surface area contributed by atoms with E-state index >= 15 is 0 Å². The SMILES string of the molecule is CCCCCC#N.O=S(=O)(O)S(=O)(=O)O. The number of nitrogens with zero attached hydrogens (tertiary/aromatic N) is 1. The van der Waals surface area contributed by atoms with Gasteiger partial charge in [-0.25, -0.2) is 0 Å². The molecule has 0 radical (unpaired) electrons. The van der Waals surface area contributed by atoms with E-state index < -0.39 is 18.3 Å². The van der Waals surface area contributed by atoms with Crippen molar-refractivity contribution >= 4 is 18.3 Å².